The van der Waals surface area contributed by atoms with E-state index in [2.05, 4.69) is 23.4 Å². The lowest BCUT2D eigenvalue weighted by Gasteiger charge is -2.17. The molecule has 142 valence electrons. The molecule has 3 aromatic rings. The van der Waals surface area contributed by atoms with Crippen LogP contribution in [0, 0.1) is 11.6 Å². The molecule has 0 aliphatic rings. The van der Waals surface area contributed by atoms with Gasteiger partial charge in [0.05, 0.1) is 11.3 Å². The lowest BCUT2D eigenvalue weighted by atomic mass is 10.2. The fourth-order valence-corrected chi connectivity index (χ4v) is 2.57. The molecule has 0 heterocycles. The van der Waals surface area contributed by atoms with E-state index in [0.717, 1.165) is 4.31 Å². The van der Waals surface area contributed by atoms with Gasteiger partial charge in [-0.15, -0.1) is 0 Å². The zero-order valence-corrected chi connectivity index (χ0v) is 15.3. The Hall–Kier alpha value is -3.39. The summed E-state index contributed by atoms with van der Waals surface area (Å²) in [4.78, 5) is 24.3. The van der Waals surface area contributed by atoms with Crippen molar-refractivity contribution in [1.82, 2.24) is 0 Å². The number of thiol groups is 1. The van der Waals surface area contributed by atoms with Gasteiger partial charge in [-0.25, -0.2) is 17.9 Å². The number of hydrogen-bond donors (Lipinski definition) is 3. The highest BCUT2D eigenvalue weighted by atomic mass is 32.1. The predicted octanol–water partition coefficient (Wildman–Crippen LogP) is 5.10. The molecule has 0 aromatic heterocycles. The van der Waals surface area contributed by atoms with Crippen molar-refractivity contribution in [3.8, 4) is 0 Å². The van der Waals surface area contributed by atoms with Crippen LogP contribution >= 0.6 is 12.8 Å². The summed E-state index contributed by atoms with van der Waals surface area (Å²) in [7, 11) is 0. The maximum absolute atomic E-state index is 13.7. The van der Waals surface area contributed by atoms with E-state index in [0.29, 0.717) is 11.4 Å². The third-order valence-corrected chi connectivity index (χ3v) is 4.17. The normalized spacial score (nSPS) is 10.2. The van der Waals surface area contributed by atoms with Crippen LogP contribution in [0.15, 0.2) is 72.8 Å². The molecule has 3 aromatic carbocycles. The van der Waals surface area contributed by atoms with Crippen LogP contribution in [0.1, 0.15) is 10.4 Å². The van der Waals surface area contributed by atoms with Crippen molar-refractivity contribution < 1.29 is 18.4 Å². The molecule has 0 spiro atoms. The van der Waals surface area contributed by atoms with E-state index in [1.165, 1.54) is 36.4 Å². The van der Waals surface area contributed by atoms with Gasteiger partial charge in [-0.1, -0.05) is 31.0 Å². The van der Waals surface area contributed by atoms with Gasteiger partial charge in [-0.2, -0.15) is 0 Å². The number of nitrogens with one attached hydrogen (secondary N) is 2. The number of carbonyl (C=O) groups is 2. The van der Waals surface area contributed by atoms with Crippen LogP contribution in [0.5, 0.6) is 0 Å². The molecule has 0 atom stereocenters. The summed E-state index contributed by atoms with van der Waals surface area (Å²) in [5, 5.41) is 5.09. The molecule has 2 N–H and O–H groups in total. The second-order valence-electron chi connectivity index (χ2n) is 5.73. The zero-order chi connectivity index (χ0) is 20.1. The van der Waals surface area contributed by atoms with Gasteiger partial charge in [0.15, 0.2) is 0 Å². The Morgan fingerprint density at radius 1 is 0.821 bits per heavy atom. The number of carbonyl (C=O) groups excluding carboxylic acids is 2. The van der Waals surface area contributed by atoms with Crippen molar-refractivity contribution in [2.45, 2.75) is 0 Å². The van der Waals surface area contributed by atoms with Crippen molar-refractivity contribution in [3.63, 3.8) is 0 Å². The topological polar surface area (TPSA) is 61.4 Å². The van der Waals surface area contributed by atoms with Gasteiger partial charge in [0.1, 0.15) is 11.6 Å². The van der Waals surface area contributed by atoms with Gasteiger partial charge in [0, 0.05) is 11.4 Å². The van der Waals surface area contributed by atoms with Gasteiger partial charge < -0.3 is 10.6 Å². The summed E-state index contributed by atoms with van der Waals surface area (Å²) >= 11 is 4.14. The lowest BCUT2D eigenvalue weighted by molar-refractivity contribution is 0.102. The first kappa shape index (κ1) is 19.4. The van der Waals surface area contributed by atoms with Gasteiger partial charge in [-0.3, -0.25) is 4.79 Å². The van der Waals surface area contributed by atoms with Crippen molar-refractivity contribution in [2.75, 3.05) is 14.9 Å². The molecule has 3 rings (SSSR count). The highest BCUT2D eigenvalue weighted by molar-refractivity contribution is 7.82. The molecule has 0 saturated carbocycles. The molecular weight excluding hydrogens is 384 g/mol. The SMILES string of the molecule is O=C(Nc1ccc(N(S)C(=O)Nc2cccc(F)c2)cc1)c1ccccc1F. The van der Waals surface area contributed by atoms with Gasteiger partial charge in [0.25, 0.3) is 5.91 Å². The Morgan fingerprint density at radius 3 is 2.21 bits per heavy atom. The van der Waals surface area contributed by atoms with Crippen molar-refractivity contribution in [3.05, 3.63) is 90.0 Å². The molecule has 0 fully saturated rings. The van der Waals surface area contributed by atoms with E-state index in [1.807, 2.05) is 0 Å². The van der Waals surface area contributed by atoms with Gasteiger partial charge in [-0.05, 0) is 54.6 Å². The molecule has 5 nitrogen and oxygen atoms in total. The minimum Gasteiger partial charge on any atom is -0.322 e. The minimum atomic E-state index is -0.618. The number of urea groups is 1. The smallest absolute Gasteiger partial charge is 0.322 e. The lowest BCUT2D eigenvalue weighted by Crippen LogP contribution is -2.26. The monoisotopic (exact) mass is 399 g/mol. The number of halogens is 2. The molecule has 3 amide bonds. The number of benzene rings is 3. The average Bonchev–Trinajstić information content (AvgIpc) is 2.68. The maximum Gasteiger partial charge on any atom is 0.336 e. The van der Waals surface area contributed by atoms with Crippen LogP contribution in [0.3, 0.4) is 0 Å². The maximum atomic E-state index is 13.7. The molecule has 0 unspecified atom stereocenters. The molecule has 8 heteroatoms. The predicted molar refractivity (Wildman–Crippen MR) is 108 cm³/mol. The first-order chi connectivity index (χ1) is 13.4. The summed E-state index contributed by atoms with van der Waals surface area (Å²) < 4.78 is 27.9. The van der Waals surface area contributed by atoms with E-state index in [9.17, 15) is 18.4 Å². The van der Waals surface area contributed by atoms with Crippen LogP contribution < -0.4 is 14.9 Å². The van der Waals surface area contributed by atoms with Crippen LogP contribution in [0.2, 0.25) is 0 Å². The zero-order valence-electron chi connectivity index (χ0n) is 14.4. The number of hydrogen-bond acceptors (Lipinski definition) is 3. The second kappa shape index (κ2) is 8.53. The number of amides is 3. The van der Waals surface area contributed by atoms with Crippen molar-refractivity contribution in [2.24, 2.45) is 0 Å². The van der Waals surface area contributed by atoms with Crippen molar-refractivity contribution in [1.29, 1.82) is 0 Å². The minimum absolute atomic E-state index is 0.0723. The van der Waals surface area contributed by atoms with Gasteiger partial charge in [0.2, 0.25) is 0 Å². The number of rotatable bonds is 4. The number of nitrogens with zero attached hydrogens (tertiary/aromatic N) is 1. The average molecular weight is 399 g/mol. The van der Waals surface area contributed by atoms with Crippen LogP contribution in [-0.2, 0) is 0 Å². The van der Waals surface area contributed by atoms with Crippen LogP contribution in [0.4, 0.5) is 30.6 Å². The first-order valence-electron chi connectivity index (χ1n) is 8.15. The van der Waals surface area contributed by atoms with E-state index in [4.69, 9.17) is 0 Å². The van der Waals surface area contributed by atoms with E-state index in [1.54, 1.807) is 36.4 Å². The molecule has 0 aliphatic carbocycles. The summed E-state index contributed by atoms with van der Waals surface area (Å²) in [6.07, 6.45) is 0. The van der Waals surface area contributed by atoms with Gasteiger partial charge >= 0.3 is 6.03 Å². The molecule has 0 bridgehead atoms. The molecule has 0 saturated heterocycles. The Labute approximate surface area is 165 Å². The standard InChI is InChI=1S/C20H15F2N3O2S/c21-13-4-3-5-15(12-13)24-20(27)25(28)16-10-8-14(9-11-16)23-19(26)17-6-1-2-7-18(17)22/h1-12,28H,(H,23,26)(H,24,27). The first-order valence-corrected chi connectivity index (χ1v) is 8.55. The van der Waals surface area contributed by atoms with Crippen LogP contribution in [-0.4, -0.2) is 11.9 Å². The molecule has 0 radical (unpaired) electrons. The summed E-state index contributed by atoms with van der Waals surface area (Å²) in [5.41, 5.74) is 1.06. The Balaban J connectivity index is 1.65. The molecular formula is C20H15F2N3O2S. The third-order valence-electron chi connectivity index (χ3n) is 3.76. The van der Waals surface area contributed by atoms with E-state index in [-0.39, 0.29) is 11.3 Å². The van der Waals surface area contributed by atoms with E-state index < -0.39 is 23.6 Å². The van der Waals surface area contributed by atoms with Crippen LogP contribution in [0.25, 0.3) is 0 Å². The third kappa shape index (κ3) is 4.66. The van der Waals surface area contributed by atoms with Crippen molar-refractivity contribution >= 4 is 41.8 Å². The summed E-state index contributed by atoms with van der Waals surface area (Å²) in [6, 6.07) is 16.7. The fourth-order valence-electron chi connectivity index (χ4n) is 2.39. The van der Waals surface area contributed by atoms with E-state index >= 15 is 0 Å². The highest BCUT2D eigenvalue weighted by Gasteiger charge is 2.14. The Morgan fingerprint density at radius 2 is 1.54 bits per heavy atom. The largest absolute Gasteiger partial charge is 0.336 e. The molecule has 0 aliphatic heterocycles. The highest BCUT2D eigenvalue weighted by Crippen LogP contribution is 2.22. The Bertz CT molecular complexity index is 1010. The Kier molecular flexibility index (Phi) is 5.90. The summed E-state index contributed by atoms with van der Waals surface area (Å²) in [5.74, 6) is -1.68. The molecule has 28 heavy (non-hydrogen) atoms. The fraction of sp³-hybridized carbons (Fsp3) is 0. The second-order valence-corrected chi connectivity index (χ2v) is 6.13. The number of anilines is 3. The summed E-state index contributed by atoms with van der Waals surface area (Å²) in [6.45, 7) is 0. The quantitative estimate of drug-likeness (QED) is 0.535.